The minimum Gasteiger partial charge on any atom is -0.390 e. The van der Waals surface area contributed by atoms with Crippen molar-refractivity contribution >= 4 is 29.2 Å². The van der Waals surface area contributed by atoms with Crippen LogP contribution in [0.5, 0.6) is 5.88 Å². The molecule has 33 heavy (non-hydrogen) atoms. The van der Waals surface area contributed by atoms with Crippen LogP contribution in [0.2, 0.25) is 5.02 Å². The number of halogens is 1. The van der Waals surface area contributed by atoms with Crippen molar-refractivity contribution in [3.8, 4) is 5.88 Å². The van der Waals surface area contributed by atoms with E-state index in [4.69, 9.17) is 16.3 Å². The fourth-order valence-corrected chi connectivity index (χ4v) is 6.85. The first-order chi connectivity index (χ1) is 15.9. The number of fused-ring (bicyclic) bond motifs is 1. The van der Waals surface area contributed by atoms with Crippen LogP contribution in [-0.2, 0) is 0 Å². The van der Waals surface area contributed by atoms with Gasteiger partial charge in [-0.15, -0.1) is 0 Å². The fraction of sp³-hybridized carbons (Fsp3) is 0.417. The third-order valence-corrected chi connectivity index (χ3v) is 7.52. The summed E-state index contributed by atoms with van der Waals surface area (Å²) in [6, 6.07) is 8.84. The quantitative estimate of drug-likeness (QED) is 0.607. The fourth-order valence-electron chi connectivity index (χ4n) is 6.68. The molecule has 2 N–H and O–H groups in total. The Balaban J connectivity index is 1.19. The number of nitrogens with one attached hydrogen (secondary N) is 2. The van der Waals surface area contributed by atoms with Crippen LogP contribution in [-0.4, -0.2) is 37.4 Å². The molecule has 4 bridgehead atoms. The van der Waals surface area contributed by atoms with Gasteiger partial charge in [-0.2, -0.15) is 4.98 Å². The highest BCUT2D eigenvalue weighted by molar-refractivity contribution is 6.30. The van der Waals surface area contributed by atoms with Gasteiger partial charge in [-0.1, -0.05) is 17.7 Å². The summed E-state index contributed by atoms with van der Waals surface area (Å²) in [4.78, 5) is 34.3. The molecular weight excluding hydrogens is 442 g/mol. The highest BCUT2D eigenvalue weighted by Gasteiger charge is 2.59. The molecule has 7 rings (SSSR count). The molecule has 4 aliphatic rings. The van der Waals surface area contributed by atoms with Crippen molar-refractivity contribution in [2.45, 2.75) is 49.6 Å². The molecule has 2 amide bonds. The van der Waals surface area contributed by atoms with E-state index in [-0.39, 0.29) is 22.9 Å². The van der Waals surface area contributed by atoms with Crippen molar-refractivity contribution in [1.29, 1.82) is 0 Å². The zero-order valence-corrected chi connectivity index (χ0v) is 18.7. The Hall–Kier alpha value is -3.13. The second-order valence-electron chi connectivity index (χ2n) is 9.90. The summed E-state index contributed by atoms with van der Waals surface area (Å²) >= 11 is 6.02. The number of rotatable bonds is 4. The maximum absolute atomic E-state index is 12.9. The third-order valence-electron chi connectivity index (χ3n) is 7.29. The van der Waals surface area contributed by atoms with Crippen molar-refractivity contribution < 1.29 is 14.3 Å². The Kier molecular flexibility index (Phi) is 4.62. The van der Waals surface area contributed by atoms with Gasteiger partial charge in [-0.05, 0) is 74.6 Å². The van der Waals surface area contributed by atoms with E-state index in [0.29, 0.717) is 34.6 Å². The number of pyridine rings is 2. The van der Waals surface area contributed by atoms with Gasteiger partial charge >= 0.3 is 6.09 Å². The number of hydrogen-bond donors (Lipinski definition) is 2. The molecule has 4 aliphatic carbocycles. The van der Waals surface area contributed by atoms with Gasteiger partial charge in [0, 0.05) is 23.5 Å². The average molecular weight is 466 g/mol. The van der Waals surface area contributed by atoms with Crippen LogP contribution in [0.3, 0.4) is 0 Å². The Morgan fingerprint density at radius 2 is 1.79 bits per heavy atom. The molecule has 0 saturated heterocycles. The minimum atomic E-state index is -0.516. The summed E-state index contributed by atoms with van der Waals surface area (Å²) in [5, 5.41) is 7.02. The van der Waals surface area contributed by atoms with Gasteiger partial charge in [0.15, 0.2) is 0 Å². The van der Waals surface area contributed by atoms with E-state index in [9.17, 15) is 9.59 Å². The summed E-state index contributed by atoms with van der Waals surface area (Å²) < 4.78 is 7.26. The van der Waals surface area contributed by atoms with Gasteiger partial charge in [0.2, 0.25) is 5.88 Å². The average Bonchev–Trinajstić information content (AvgIpc) is 3.13. The molecule has 0 aliphatic heterocycles. The minimum absolute atomic E-state index is 0.154. The number of carbonyl (C=O) groups is 2. The van der Waals surface area contributed by atoms with E-state index >= 15 is 0 Å². The van der Waals surface area contributed by atoms with E-state index < -0.39 is 6.09 Å². The number of imidazole rings is 1. The molecule has 8 nitrogen and oxygen atoms in total. The number of hydrogen-bond acceptors (Lipinski definition) is 5. The summed E-state index contributed by atoms with van der Waals surface area (Å²) in [6.07, 6.45) is 9.98. The van der Waals surface area contributed by atoms with E-state index in [1.165, 1.54) is 0 Å². The lowest BCUT2D eigenvalue weighted by atomic mass is 9.50. The van der Waals surface area contributed by atoms with Crippen LogP contribution in [0, 0.1) is 11.8 Å². The molecule has 0 radical (unpaired) electrons. The highest BCUT2D eigenvalue weighted by atomic mass is 35.5. The van der Waals surface area contributed by atoms with Gasteiger partial charge < -0.3 is 19.8 Å². The van der Waals surface area contributed by atoms with Crippen LogP contribution in [0.25, 0.3) is 5.65 Å². The number of amides is 2. The van der Waals surface area contributed by atoms with Crippen molar-refractivity contribution in [2.24, 2.45) is 11.8 Å². The molecule has 0 aromatic carbocycles. The van der Waals surface area contributed by atoms with Crippen molar-refractivity contribution in [3.05, 3.63) is 59.6 Å². The van der Waals surface area contributed by atoms with Crippen LogP contribution in [0.15, 0.2) is 48.9 Å². The van der Waals surface area contributed by atoms with Gasteiger partial charge in [0.05, 0.1) is 11.2 Å². The maximum Gasteiger partial charge on any atom is 0.414 e. The van der Waals surface area contributed by atoms with Gasteiger partial charge in [-0.3, -0.25) is 9.78 Å². The predicted molar refractivity (Wildman–Crippen MR) is 121 cm³/mol. The standard InChI is InChI=1S/C24H24ClN5O3/c25-17-4-5-19-27-20(13-30(19)12-17)33-22(32)29-24-10-15-7-16(11-24)9-23(8-15,14-24)28-21(31)18-3-1-2-6-26-18/h1-6,12-13,15-16H,7-11,14H2,(H,28,31)(H,29,32). The topological polar surface area (TPSA) is 97.6 Å². The van der Waals surface area contributed by atoms with Gasteiger partial charge in [-0.25, -0.2) is 4.79 Å². The molecule has 4 fully saturated rings. The first kappa shape index (κ1) is 20.5. The molecule has 3 heterocycles. The van der Waals surface area contributed by atoms with Crippen LogP contribution in [0.4, 0.5) is 4.79 Å². The molecule has 0 spiro atoms. The molecule has 3 aromatic rings. The number of nitrogens with zero attached hydrogens (tertiary/aromatic N) is 3. The zero-order chi connectivity index (χ0) is 22.6. The van der Waals surface area contributed by atoms with E-state index in [2.05, 4.69) is 20.6 Å². The lowest BCUT2D eigenvalue weighted by molar-refractivity contribution is -0.0450. The van der Waals surface area contributed by atoms with Crippen LogP contribution < -0.4 is 15.4 Å². The Morgan fingerprint density at radius 1 is 1.03 bits per heavy atom. The Morgan fingerprint density at radius 3 is 2.52 bits per heavy atom. The second-order valence-corrected chi connectivity index (χ2v) is 10.3. The predicted octanol–water partition coefficient (Wildman–Crippen LogP) is 3.99. The number of ether oxygens (including phenoxy) is 1. The Bertz CT molecular complexity index is 1230. The molecule has 4 saturated carbocycles. The van der Waals surface area contributed by atoms with Crippen LogP contribution >= 0.6 is 11.6 Å². The number of carbonyl (C=O) groups excluding carboxylic acids is 2. The first-order valence-electron chi connectivity index (χ1n) is 11.3. The zero-order valence-electron chi connectivity index (χ0n) is 18.0. The summed E-state index contributed by atoms with van der Waals surface area (Å²) in [5.41, 5.74) is 0.349. The summed E-state index contributed by atoms with van der Waals surface area (Å²) in [5.74, 6) is 0.997. The molecule has 170 valence electrons. The lowest BCUT2D eigenvalue weighted by Gasteiger charge is -2.61. The van der Waals surface area contributed by atoms with E-state index in [1.807, 2.05) is 6.07 Å². The van der Waals surface area contributed by atoms with Crippen molar-refractivity contribution in [1.82, 2.24) is 25.0 Å². The van der Waals surface area contributed by atoms with Crippen molar-refractivity contribution in [2.75, 3.05) is 0 Å². The van der Waals surface area contributed by atoms with Gasteiger partial charge in [0.1, 0.15) is 11.3 Å². The maximum atomic E-state index is 12.9. The van der Waals surface area contributed by atoms with Crippen LogP contribution in [0.1, 0.15) is 49.0 Å². The monoisotopic (exact) mass is 465 g/mol. The number of aromatic nitrogens is 3. The first-order valence-corrected chi connectivity index (χ1v) is 11.6. The lowest BCUT2D eigenvalue weighted by Crippen LogP contribution is -2.70. The molecule has 2 unspecified atom stereocenters. The van der Waals surface area contributed by atoms with E-state index in [0.717, 1.165) is 32.1 Å². The Labute approximate surface area is 195 Å². The van der Waals surface area contributed by atoms with Gasteiger partial charge in [0.25, 0.3) is 5.91 Å². The summed E-state index contributed by atoms with van der Waals surface area (Å²) in [6.45, 7) is 0. The highest BCUT2D eigenvalue weighted by Crippen LogP contribution is 2.57. The van der Waals surface area contributed by atoms with Crippen molar-refractivity contribution in [3.63, 3.8) is 0 Å². The molecular formula is C24H24ClN5O3. The smallest absolute Gasteiger partial charge is 0.390 e. The summed E-state index contributed by atoms with van der Waals surface area (Å²) in [7, 11) is 0. The molecule has 3 aromatic heterocycles. The van der Waals surface area contributed by atoms with E-state index in [1.54, 1.807) is 47.3 Å². The molecule has 2 atom stereocenters. The third kappa shape index (κ3) is 3.82. The normalized spacial score (nSPS) is 29.7. The second kappa shape index (κ2) is 7.45. The largest absolute Gasteiger partial charge is 0.414 e. The SMILES string of the molecule is O=C(NC12CC3CC(C1)CC(NC(=O)c1ccccn1)(C3)C2)Oc1cn2cc(Cl)ccc2n1. The molecule has 9 heteroatoms.